The molecule has 6 rings (SSSR count). The van der Waals surface area contributed by atoms with Crippen LogP contribution in [0.3, 0.4) is 0 Å². The summed E-state index contributed by atoms with van der Waals surface area (Å²) < 4.78 is 11.9. The zero-order chi connectivity index (χ0) is 19.4. The third-order valence-electron chi connectivity index (χ3n) is 5.55. The lowest BCUT2D eigenvalue weighted by Crippen LogP contribution is -1.89. The van der Waals surface area contributed by atoms with Crippen LogP contribution in [0.4, 0.5) is 0 Å². The van der Waals surface area contributed by atoms with Crippen molar-refractivity contribution < 1.29 is 9.15 Å². The number of furan rings is 1. The summed E-state index contributed by atoms with van der Waals surface area (Å²) in [5.41, 5.74) is 4.47. The van der Waals surface area contributed by atoms with Gasteiger partial charge in [-0.15, -0.1) is 0 Å². The van der Waals surface area contributed by atoms with Crippen LogP contribution in [0.15, 0.2) is 89.3 Å². The van der Waals surface area contributed by atoms with Crippen molar-refractivity contribution in [3.05, 3.63) is 84.9 Å². The number of hydrogen-bond acceptors (Lipinski definition) is 3. The number of nitrogens with zero attached hydrogens (tertiary/aromatic N) is 1. The first-order valence-electron chi connectivity index (χ1n) is 9.60. The molecule has 2 aromatic heterocycles. The Balaban J connectivity index is 1.89. The second-order valence-corrected chi connectivity index (χ2v) is 7.18. The van der Waals surface area contributed by atoms with E-state index in [1.807, 2.05) is 30.3 Å². The molecule has 3 heteroatoms. The van der Waals surface area contributed by atoms with E-state index in [4.69, 9.17) is 14.1 Å². The van der Waals surface area contributed by atoms with Crippen LogP contribution in [0, 0.1) is 0 Å². The Kier molecular flexibility index (Phi) is 3.38. The van der Waals surface area contributed by atoms with Crippen LogP contribution in [0.25, 0.3) is 54.9 Å². The number of methoxy groups -OCH3 is 1. The van der Waals surface area contributed by atoms with Crippen LogP contribution in [0.2, 0.25) is 0 Å². The summed E-state index contributed by atoms with van der Waals surface area (Å²) in [5, 5.41) is 5.68. The first-order chi connectivity index (χ1) is 14.3. The lowest BCUT2D eigenvalue weighted by atomic mass is 9.99. The number of pyridine rings is 1. The van der Waals surface area contributed by atoms with E-state index in [2.05, 4.69) is 54.6 Å². The zero-order valence-corrected chi connectivity index (χ0v) is 15.8. The van der Waals surface area contributed by atoms with Crippen molar-refractivity contribution in [1.29, 1.82) is 0 Å². The summed E-state index contributed by atoms with van der Waals surface area (Å²) in [6.45, 7) is 0. The molecule has 0 radical (unpaired) electrons. The Morgan fingerprint density at radius 2 is 1.59 bits per heavy atom. The minimum absolute atomic E-state index is 0.793. The van der Waals surface area contributed by atoms with Crippen LogP contribution < -0.4 is 4.74 Å². The van der Waals surface area contributed by atoms with Gasteiger partial charge in [0.15, 0.2) is 5.58 Å². The number of hydrogen-bond donors (Lipinski definition) is 0. The molecule has 0 aliphatic rings. The fourth-order valence-corrected chi connectivity index (χ4v) is 4.20. The second-order valence-electron chi connectivity index (χ2n) is 7.18. The zero-order valence-electron chi connectivity index (χ0n) is 15.8. The van der Waals surface area contributed by atoms with Crippen LogP contribution >= 0.6 is 0 Å². The number of ether oxygens (including phenoxy) is 1. The molecule has 0 amide bonds. The minimum atomic E-state index is 0.793. The molecule has 2 heterocycles. The molecule has 6 aromatic rings. The maximum atomic E-state index is 6.42. The molecular formula is C26H17NO2. The van der Waals surface area contributed by atoms with Gasteiger partial charge in [-0.1, -0.05) is 60.7 Å². The highest BCUT2D eigenvalue weighted by molar-refractivity contribution is 6.27. The Morgan fingerprint density at radius 1 is 0.759 bits per heavy atom. The van der Waals surface area contributed by atoms with E-state index < -0.39 is 0 Å². The largest absolute Gasteiger partial charge is 0.497 e. The lowest BCUT2D eigenvalue weighted by molar-refractivity contribution is 0.415. The SMILES string of the molecule is COc1ccc2c(c1)nc(-c1ccccc1)c1oc3ccc4ccccc4c3c12. The Morgan fingerprint density at radius 3 is 2.45 bits per heavy atom. The van der Waals surface area contributed by atoms with Crippen LogP contribution in [-0.2, 0) is 0 Å². The van der Waals surface area contributed by atoms with Gasteiger partial charge in [0.2, 0.25) is 0 Å². The van der Waals surface area contributed by atoms with Crippen molar-refractivity contribution in [2.45, 2.75) is 0 Å². The Labute approximate surface area is 167 Å². The molecule has 0 spiro atoms. The molecule has 0 saturated heterocycles. The van der Waals surface area contributed by atoms with Gasteiger partial charge in [-0.3, -0.25) is 0 Å². The minimum Gasteiger partial charge on any atom is -0.497 e. The molecular weight excluding hydrogens is 358 g/mol. The van der Waals surface area contributed by atoms with Gasteiger partial charge in [0.05, 0.1) is 12.6 Å². The summed E-state index contributed by atoms with van der Waals surface area (Å²) >= 11 is 0. The van der Waals surface area contributed by atoms with Gasteiger partial charge in [0.25, 0.3) is 0 Å². The Hall–Kier alpha value is -3.85. The van der Waals surface area contributed by atoms with Gasteiger partial charge in [-0.05, 0) is 29.0 Å². The third-order valence-corrected chi connectivity index (χ3v) is 5.55. The highest BCUT2D eigenvalue weighted by Gasteiger charge is 2.19. The fraction of sp³-hybridized carbons (Fsp3) is 0.0385. The predicted octanol–water partition coefficient (Wildman–Crippen LogP) is 6.96. The molecule has 138 valence electrons. The summed E-state index contributed by atoms with van der Waals surface area (Å²) in [5.74, 6) is 0.793. The molecule has 29 heavy (non-hydrogen) atoms. The van der Waals surface area contributed by atoms with E-state index in [0.717, 1.165) is 49.8 Å². The summed E-state index contributed by atoms with van der Waals surface area (Å²) in [4.78, 5) is 4.98. The molecule has 0 atom stereocenters. The molecule has 4 aromatic carbocycles. The fourth-order valence-electron chi connectivity index (χ4n) is 4.20. The van der Waals surface area contributed by atoms with Crippen molar-refractivity contribution in [3.8, 4) is 17.0 Å². The summed E-state index contributed by atoms with van der Waals surface area (Å²) in [6.07, 6.45) is 0. The van der Waals surface area contributed by atoms with Crippen molar-refractivity contribution in [3.63, 3.8) is 0 Å². The smallest absolute Gasteiger partial charge is 0.162 e. The monoisotopic (exact) mass is 375 g/mol. The van der Waals surface area contributed by atoms with E-state index in [9.17, 15) is 0 Å². The van der Waals surface area contributed by atoms with E-state index in [-0.39, 0.29) is 0 Å². The van der Waals surface area contributed by atoms with Crippen LogP contribution in [0.1, 0.15) is 0 Å². The number of benzene rings is 4. The molecule has 0 unspecified atom stereocenters. The van der Waals surface area contributed by atoms with E-state index >= 15 is 0 Å². The highest BCUT2D eigenvalue weighted by atomic mass is 16.5. The highest BCUT2D eigenvalue weighted by Crippen LogP contribution is 2.42. The van der Waals surface area contributed by atoms with Gasteiger partial charge in [-0.2, -0.15) is 0 Å². The maximum absolute atomic E-state index is 6.42. The van der Waals surface area contributed by atoms with Gasteiger partial charge in [0, 0.05) is 27.8 Å². The van der Waals surface area contributed by atoms with Crippen molar-refractivity contribution in [2.24, 2.45) is 0 Å². The van der Waals surface area contributed by atoms with Crippen molar-refractivity contribution >= 4 is 43.6 Å². The van der Waals surface area contributed by atoms with Crippen LogP contribution in [0.5, 0.6) is 5.75 Å². The van der Waals surface area contributed by atoms with Crippen LogP contribution in [-0.4, -0.2) is 12.1 Å². The van der Waals surface area contributed by atoms with Gasteiger partial charge < -0.3 is 9.15 Å². The van der Waals surface area contributed by atoms with Crippen molar-refractivity contribution in [1.82, 2.24) is 4.98 Å². The van der Waals surface area contributed by atoms with Gasteiger partial charge >= 0.3 is 0 Å². The number of rotatable bonds is 2. The van der Waals surface area contributed by atoms with E-state index in [0.29, 0.717) is 0 Å². The normalized spacial score (nSPS) is 11.6. The number of aromatic nitrogens is 1. The maximum Gasteiger partial charge on any atom is 0.162 e. The predicted molar refractivity (Wildman–Crippen MR) is 119 cm³/mol. The molecule has 3 nitrogen and oxygen atoms in total. The lowest BCUT2D eigenvalue weighted by Gasteiger charge is -2.08. The standard InChI is InChI=1S/C26H17NO2/c1-28-18-12-13-20-21(15-18)27-25(17-8-3-2-4-9-17)26-24(20)23-19-10-6-5-7-16(19)11-14-22(23)29-26/h2-15H,1H3. The first kappa shape index (κ1) is 16.1. The van der Waals surface area contributed by atoms with Gasteiger partial charge in [0.1, 0.15) is 17.0 Å². The third kappa shape index (κ3) is 2.34. The summed E-state index contributed by atoms with van der Waals surface area (Å²) in [6, 6.07) is 28.9. The first-order valence-corrected chi connectivity index (χ1v) is 9.60. The van der Waals surface area contributed by atoms with Gasteiger partial charge in [-0.25, -0.2) is 4.98 Å². The van der Waals surface area contributed by atoms with E-state index in [1.165, 1.54) is 10.8 Å². The molecule has 0 bridgehead atoms. The molecule has 0 aliphatic heterocycles. The Bertz CT molecular complexity index is 1530. The van der Waals surface area contributed by atoms with Crippen molar-refractivity contribution in [2.75, 3.05) is 7.11 Å². The van der Waals surface area contributed by atoms with E-state index in [1.54, 1.807) is 7.11 Å². The topological polar surface area (TPSA) is 35.3 Å². The molecule has 0 saturated carbocycles. The molecule has 0 fully saturated rings. The molecule has 0 aliphatic carbocycles. The second kappa shape index (κ2) is 6.08. The number of fused-ring (bicyclic) bond motifs is 7. The molecule has 0 N–H and O–H groups in total. The average molecular weight is 375 g/mol. The quantitative estimate of drug-likeness (QED) is 0.328. The average Bonchev–Trinajstić information content (AvgIpc) is 3.19. The summed E-state index contributed by atoms with van der Waals surface area (Å²) in [7, 11) is 1.68.